The lowest BCUT2D eigenvalue weighted by molar-refractivity contribution is -0.136. The number of ether oxygens (including phenoxy) is 2. The molecule has 3 heterocycles. The van der Waals surface area contributed by atoms with E-state index < -0.39 is 23.8 Å². The molecule has 4 N–H and O–H groups in total. The standard InChI is InChI=1S/C23H17N5O5/c1-32-13-8-6-12(7-9-13)19-18-21(27-26-19)33-20(25)15(10-24)23(18)14-4-2-3-5-16(14)28(22(23)31)11-17(29)30/h2-9H,11,25H2,1H3,(H,26,27)(H,29,30)/t23-/m0/s1. The molecule has 10 heteroatoms. The summed E-state index contributed by atoms with van der Waals surface area (Å²) in [5, 5.41) is 26.7. The molecule has 1 atom stereocenters. The van der Waals surface area contributed by atoms with Crippen LogP contribution in [0.3, 0.4) is 0 Å². The van der Waals surface area contributed by atoms with Crippen LogP contribution in [0.2, 0.25) is 0 Å². The number of aromatic nitrogens is 2. The monoisotopic (exact) mass is 443 g/mol. The molecule has 2 aliphatic heterocycles. The minimum Gasteiger partial charge on any atom is -0.497 e. The number of anilines is 1. The van der Waals surface area contributed by atoms with Crippen LogP contribution in [-0.4, -0.2) is 40.8 Å². The Balaban J connectivity index is 1.84. The smallest absolute Gasteiger partial charge is 0.323 e. The lowest BCUT2D eigenvalue weighted by Crippen LogP contribution is -2.47. The summed E-state index contributed by atoms with van der Waals surface area (Å²) in [4.78, 5) is 26.8. The number of H-pyrrole nitrogens is 1. The zero-order valence-corrected chi connectivity index (χ0v) is 17.3. The number of nitrogens with two attached hydrogens (primary N) is 1. The number of carbonyl (C=O) groups is 2. The third-order valence-corrected chi connectivity index (χ3v) is 5.88. The maximum absolute atomic E-state index is 14.0. The van der Waals surface area contributed by atoms with E-state index in [9.17, 15) is 20.0 Å². The van der Waals surface area contributed by atoms with Gasteiger partial charge in [0, 0.05) is 16.8 Å². The Morgan fingerprint density at radius 3 is 2.70 bits per heavy atom. The van der Waals surface area contributed by atoms with Gasteiger partial charge in [0.1, 0.15) is 29.4 Å². The molecule has 0 saturated carbocycles. The van der Waals surface area contributed by atoms with Crippen LogP contribution in [0.5, 0.6) is 11.6 Å². The van der Waals surface area contributed by atoms with Crippen molar-refractivity contribution in [3.63, 3.8) is 0 Å². The molecule has 5 rings (SSSR count). The number of nitriles is 1. The van der Waals surface area contributed by atoms with Gasteiger partial charge in [0.05, 0.1) is 18.4 Å². The van der Waals surface area contributed by atoms with Gasteiger partial charge >= 0.3 is 5.97 Å². The van der Waals surface area contributed by atoms with E-state index in [-0.39, 0.29) is 17.3 Å². The van der Waals surface area contributed by atoms with Crippen LogP contribution >= 0.6 is 0 Å². The predicted octanol–water partition coefficient (Wildman–Crippen LogP) is 1.89. The molecule has 0 bridgehead atoms. The van der Waals surface area contributed by atoms with Crippen molar-refractivity contribution < 1.29 is 24.2 Å². The Labute approximate surface area is 187 Å². The van der Waals surface area contributed by atoms with Gasteiger partial charge < -0.3 is 20.3 Å². The Morgan fingerprint density at radius 2 is 2.03 bits per heavy atom. The highest BCUT2D eigenvalue weighted by Gasteiger charge is 2.61. The third kappa shape index (κ3) is 2.62. The molecular weight excluding hydrogens is 426 g/mol. The fourth-order valence-electron chi connectivity index (χ4n) is 4.55. The van der Waals surface area contributed by atoms with Gasteiger partial charge in [0.2, 0.25) is 17.7 Å². The minimum atomic E-state index is -1.72. The third-order valence-electron chi connectivity index (χ3n) is 5.88. The zero-order valence-electron chi connectivity index (χ0n) is 17.3. The first-order chi connectivity index (χ1) is 15.9. The number of amides is 1. The number of nitrogens with zero attached hydrogens (tertiary/aromatic N) is 3. The maximum Gasteiger partial charge on any atom is 0.323 e. The number of carboxylic acids is 1. The number of carboxylic acid groups (broad SMARTS) is 1. The van der Waals surface area contributed by atoms with Crippen molar-refractivity contribution in [2.24, 2.45) is 5.73 Å². The molecule has 0 radical (unpaired) electrons. The highest BCUT2D eigenvalue weighted by molar-refractivity contribution is 6.16. The highest BCUT2D eigenvalue weighted by Crippen LogP contribution is 2.56. The molecule has 1 spiro atoms. The van der Waals surface area contributed by atoms with Gasteiger partial charge in [0.15, 0.2) is 0 Å². The van der Waals surface area contributed by atoms with Crippen molar-refractivity contribution in [2.75, 3.05) is 18.6 Å². The number of benzene rings is 2. The largest absolute Gasteiger partial charge is 0.497 e. The second-order valence-electron chi connectivity index (χ2n) is 7.51. The number of methoxy groups -OCH3 is 1. The first kappa shape index (κ1) is 20.1. The van der Waals surface area contributed by atoms with E-state index in [0.29, 0.717) is 33.8 Å². The van der Waals surface area contributed by atoms with Gasteiger partial charge in [0.25, 0.3) is 0 Å². The van der Waals surface area contributed by atoms with E-state index in [1.807, 2.05) is 6.07 Å². The minimum absolute atomic E-state index is 0.0395. The Kier molecular flexibility index (Phi) is 4.35. The van der Waals surface area contributed by atoms with Crippen molar-refractivity contribution in [1.82, 2.24) is 10.2 Å². The molecule has 3 aromatic rings. The van der Waals surface area contributed by atoms with Crippen molar-refractivity contribution >= 4 is 17.6 Å². The number of hydrogen-bond acceptors (Lipinski definition) is 7. The second-order valence-corrected chi connectivity index (χ2v) is 7.51. The van der Waals surface area contributed by atoms with Crippen molar-refractivity contribution in [3.8, 4) is 29.0 Å². The summed E-state index contributed by atoms with van der Waals surface area (Å²) in [6.07, 6.45) is 0. The topological polar surface area (TPSA) is 155 Å². The van der Waals surface area contributed by atoms with E-state index in [0.717, 1.165) is 4.90 Å². The van der Waals surface area contributed by atoms with E-state index in [2.05, 4.69) is 10.2 Å². The number of aromatic amines is 1. The van der Waals surface area contributed by atoms with Gasteiger partial charge in [-0.15, -0.1) is 5.10 Å². The van der Waals surface area contributed by atoms with Crippen LogP contribution < -0.4 is 20.1 Å². The number of aliphatic carboxylic acids is 1. The number of nitrogens with one attached hydrogen (secondary N) is 1. The van der Waals surface area contributed by atoms with Crippen LogP contribution in [0.15, 0.2) is 60.0 Å². The van der Waals surface area contributed by atoms with Gasteiger partial charge in [-0.2, -0.15) is 5.26 Å². The van der Waals surface area contributed by atoms with Gasteiger partial charge in [-0.25, -0.2) is 0 Å². The fraction of sp³-hybridized carbons (Fsp3) is 0.130. The molecule has 1 amide bonds. The van der Waals surface area contributed by atoms with Crippen LogP contribution in [0.25, 0.3) is 11.3 Å². The predicted molar refractivity (Wildman–Crippen MR) is 115 cm³/mol. The van der Waals surface area contributed by atoms with Gasteiger partial charge in [-0.1, -0.05) is 18.2 Å². The normalized spacial score (nSPS) is 18.5. The lowest BCUT2D eigenvalue weighted by atomic mass is 9.68. The average molecular weight is 443 g/mol. The van der Waals surface area contributed by atoms with E-state index in [4.69, 9.17) is 15.2 Å². The lowest BCUT2D eigenvalue weighted by Gasteiger charge is -2.32. The van der Waals surface area contributed by atoms with Crippen LogP contribution in [0.1, 0.15) is 11.1 Å². The first-order valence-electron chi connectivity index (χ1n) is 9.88. The Hall–Kier alpha value is -4.78. The average Bonchev–Trinajstić information content (AvgIpc) is 3.33. The molecule has 33 heavy (non-hydrogen) atoms. The van der Waals surface area contributed by atoms with Crippen LogP contribution in [-0.2, 0) is 15.0 Å². The molecular formula is C23H17N5O5. The number of fused-ring (bicyclic) bond motifs is 4. The molecule has 0 fully saturated rings. The first-order valence-corrected chi connectivity index (χ1v) is 9.88. The molecule has 10 nitrogen and oxygen atoms in total. The van der Waals surface area contributed by atoms with E-state index in [1.54, 1.807) is 55.6 Å². The second kappa shape index (κ2) is 7.13. The molecule has 0 unspecified atom stereocenters. The van der Waals surface area contributed by atoms with Crippen LogP contribution in [0.4, 0.5) is 5.69 Å². The van der Waals surface area contributed by atoms with Gasteiger partial charge in [-0.3, -0.25) is 19.6 Å². The number of para-hydroxylation sites is 1. The Bertz CT molecular complexity index is 1380. The van der Waals surface area contributed by atoms with Crippen LogP contribution in [0, 0.1) is 11.3 Å². The zero-order chi connectivity index (χ0) is 23.3. The molecule has 164 valence electrons. The molecule has 0 aliphatic carbocycles. The Morgan fingerprint density at radius 1 is 1.30 bits per heavy atom. The molecule has 1 aromatic heterocycles. The molecule has 2 aliphatic rings. The van der Waals surface area contributed by atoms with Crippen molar-refractivity contribution in [3.05, 3.63) is 71.1 Å². The maximum atomic E-state index is 14.0. The summed E-state index contributed by atoms with van der Waals surface area (Å²) >= 11 is 0. The summed E-state index contributed by atoms with van der Waals surface area (Å²) in [6, 6.07) is 15.8. The van der Waals surface area contributed by atoms with E-state index in [1.165, 1.54) is 0 Å². The summed E-state index contributed by atoms with van der Waals surface area (Å²) in [5.74, 6) is -1.41. The summed E-state index contributed by atoms with van der Waals surface area (Å²) < 4.78 is 10.9. The fourth-order valence-corrected chi connectivity index (χ4v) is 4.55. The SMILES string of the molecule is COc1ccc(-c2[nH]nc3c2[C@@]2(C(=O)N(CC(=O)O)c4ccccc42)C(C#N)=C(N)O3)cc1. The molecule has 2 aromatic carbocycles. The summed E-state index contributed by atoms with van der Waals surface area (Å²) in [7, 11) is 1.55. The quantitative estimate of drug-likeness (QED) is 0.552. The van der Waals surface area contributed by atoms with Gasteiger partial charge in [-0.05, 0) is 30.3 Å². The number of hydrogen-bond donors (Lipinski definition) is 3. The summed E-state index contributed by atoms with van der Waals surface area (Å²) in [6.45, 7) is -0.581. The van der Waals surface area contributed by atoms with Crippen molar-refractivity contribution in [1.29, 1.82) is 5.26 Å². The number of carbonyl (C=O) groups excluding carboxylic acids is 1. The molecule has 0 saturated heterocycles. The number of rotatable bonds is 4. The van der Waals surface area contributed by atoms with Crippen molar-refractivity contribution in [2.45, 2.75) is 5.41 Å². The van der Waals surface area contributed by atoms with E-state index >= 15 is 0 Å². The summed E-state index contributed by atoms with van der Waals surface area (Å²) in [5.41, 5.74) is 6.43. The highest BCUT2D eigenvalue weighted by atomic mass is 16.5.